The molecule has 1 aromatic carbocycles. The lowest BCUT2D eigenvalue weighted by Crippen LogP contribution is -2.27. The van der Waals surface area contributed by atoms with E-state index in [2.05, 4.69) is 4.98 Å². The van der Waals surface area contributed by atoms with E-state index in [4.69, 9.17) is 9.47 Å². The molecule has 1 heterocycles. The molecule has 122 valence electrons. The van der Waals surface area contributed by atoms with Crippen molar-refractivity contribution < 1.29 is 14.3 Å². The smallest absolute Gasteiger partial charge is 0.272 e. The molecule has 5 nitrogen and oxygen atoms in total. The molecule has 0 N–H and O–H groups in total. The second kappa shape index (κ2) is 7.63. The van der Waals surface area contributed by atoms with Crippen molar-refractivity contribution in [2.45, 2.75) is 26.5 Å². The molecular formula is C18H22N2O3. The lowest BCUT2D eigenvalue weighted by Gasteiger charge is -2.17. The van der Waals surface area contributed by atoms with Gasteiger partial charge in [-0.05, 0) is 43.7 Å². The number of rotatable bonds is 6. The summed E-state index contributed by atoms with van der Waals surface area (Å²) in [5.74, 6) is 1.30. The molecule has 0 aliphatic heterocycles. The summed E-state index contributed by atoms with van der Waals surface area (Å²) >= 11 is 0. The topological polar surface area (TPSA) is 51.7 Å². The summed E-state index contributed by atoms with van der Waals surface area (Å²) in [5, 5.41) is 0. The molecule has 1 aromatic heterocycles. The Bertz CT molecular complexity index is 654. The van der Waals surface area contributed by atoms with Crippen molar-refractivity contribution in [3.05, 3.63) is 53.9 Å². The minimum absolute atomic E-state index is 0.0779. The predicted molar refractivity (Wildman–Crippen MR) is 88.8 cm³/mol. The van der Waals surface area contributed by atoms with Gasteiger partial charge in [0.2, 0.25) is 0 Å². The maximum Gasteiger partial charge on any atom is 0.272 e. The highest BCUT2D eigenvalue weighted by molar-refractivity contribution is 5.92. The molecule has 0 radical (unpaired) electrons. The van der Waals surface area contributed by atoms with Crippen molar-refractivity contribution in [1.82, 2.24) is 9.88 Å². The third-order valence-electron chi connectivity index (χ3n) is 3.23. The lowest BCUT2D eigenvalue weighted by molar-refractivity contribution is 0.0779. The highest BCUT2D eigenvalue weighted by Gasteiger charge is 2.14. The van der Waals surface area contributed by atoms with Crippen LogP contribution in [0.25, 0.3) is 0 Å². The quantitative estimate of drug-likeness (QED) is 0.822. The molecule has 5 heteroatoms. The summed E-state index contributed by atoms with van der Waals surface area (Å²) in [6, 6.07) is 11.1. The van der Waals surface area contributed by atoms with Gasteiger partial charge in [0.1, 0.15) is 17.2 Å². The van der Waals surface area contributed by atoms with Gasteiger partial charge in [-0.25, -0.2) is 4.98 Å². The highest BCUT2D eigenvalue weighted by atomic mass is 16.5. The molecule has 0 saturated heterocycles. The fourth-order valence-corrected chi connectivity index (χ4v) is 2.16. The highest BCUT2D eigenvalue weighted by Crippen LogP contribution is 2.16. The summed E-state index contributed by atoms with van der Waals surface area (Å²) in [7, 11) is 3.38. The fraction of sp³-hybridized carbons (Fsp3) is 0.333. The van der Waals surface area contributed by atoms with Crippen molar-refractivity contribution in [3.8, 4) is 11.5 Å². The molecule has 0 saturated carbocycles. The lowest BCUT2D eigenvalue weighted by atomic mass is 10.2. The van der Waals surface area contributed by atoms with Gasteiger partial charge in [0.25, 0.3) is 5.91 Å². The van der Waals surface area contributed by atoms with Crippen LogP contribution in [0.2, 0.25) is 0 Å². The second-order valence-corrected chi connectivity index (χ2v) is 5.56. The molecule has 0 atom stereocenters. The number of amides is 1. The van der Waals surface area contributed by atoms with Crippen LogP contribution in [0.3, 0.4) is 0 Å². The van der Waals surface area contributed by atoms with E-state index in [1.165, 1.54) is 0 Å². The number of aromatic nitrogens is 1. The Balaban J connectivity index is 2.03. The number of hydrogen-bond acceptors (Lipinski definition) is 4. The second-order valence-electron chi connectivity index (χ2n) is 5.56. The normalized spacial score (nSPS) is 10.5. The Morgan fingerprint density at radius 1 is 1.22 bits per heavy atom. The molecular weight excluding hydrogens is 292 g/mol. The molecule has 0 fully saturated rings. The van der Waals surface area contributed by atoms with E-state index in [0.717, 1.165) is 11.3 Å². The van der Waals surface area contributed by atoms with E-state index < -0.39 is 0 Å². The van der Waals surface area contributed by atoms with Crippen LogP contribution in [0.1, 0.15) is 29.9 Å². The first-order valence-electron chi connectivity index (χ1n) is 7.50. The van der Waals surface area contributed by atoms with Crippen molar-refractivity contribution >= 4 is 5.91 Å². The number of carbonyl (C=O) groups excluding carboxylic acids is 1. The van der Waals surface area contributed by atoms with Gasteiger partial charge in [-0.15, -0.1) is 0 Å². The SMILES string of the molecule is COc1cccc(CN(C)C(=O)c2ccc(OC(C)C)cn2)c1. The average Bonchev–Trinajstić information content (AvgIpc) is 2.54. The van der Waals surface area contributed by atoms with Gasteiger partial charge in [-0.2, -0.15) is 0 Å². The molecule has 2 rings (SSSR count). The molecule has 0 unspecified atom stereocenters. The minimum atomic E-state index is -0.135. The number of pyridine rings is 1. The summed E-state index contributed by atoms with van der Waals surface area (Å²) in [6.07, 6.45) is 1.65. The van der Waals surface area contributed by atoms with Crippen LogP contribution in [-0.2, 0) is 6.54 Å². The van der Waals surface area contributed by atoms with E-state index >= 15 is 0 Å². The van der Waals surface area contributed by atoms with Crippen LogP contribution in [0, 0.1) is 0 Å². The molecule has 0 bridgehead atoms. The van der Waals surface area contributed by atoms with Crippen molar-refractivity contribution in [2.24, 2.45) is 0 Å². The monoisotopic (exact) mass is 314 g/mol. The Morgan fingerprint density at radius 3 is 2.61 bits per heavy atom. The van der Waals surface area contributed by atoms with E-state index in [1.54, 1.807) is 37.4 Å². The van der Waals surface area contributed by atoms with Crippen LogP contribution < -0.4 is 9.47 Å². The summed E-state index contributed by atoms with van der Waals surface area (Å²) in [5.41, 5.74) is 1.39. The van der Waals surface area contributed by atoms with E-state index in [0.29, 0.717) is 18.0 Å². The van der Waals surface area contributed by atoms with Crippen LogP contribution in [0.5, 0.6) is 11.5 Å². The largest absolute Gasteiger partial charge is 0.497 e. The Hall–Kier alpha value is -2.56. The van der Waals surface area contributed by atoms with Crippen LogP contribution in [-0.4, -0.2) is 36.1 Å². The van der Waals surface area contributed by atoms with Crippen LogP contribution in [0.4, 0.5) is 0 Å². The number of ether oxygens (including phenoxy) is 2. The van der Waals surface area contributed by atoms with Gasteiger partial charge in [-0.3, -0.25) is 4.79 Å². The molecule has 0 spiro atoms. The van der Waals surface area contributed by atoms with Crippen molar-refractivity contribution in [1.29, 1.82) is 0 Å². The minimum Gasteiger partial charge on any atom is -0.497 e. The predicted octanol–water partition coefficient (Wildman–Crippen LogP) is 3.15. The number of nitrogens with zero attached hydrogens (tertiary/aromatic N) is 2. The van der Waals surface area contributed by atoms with Gasteiger partial charge in [0.05, 0.1) is 19.4 Å². The number of methoxy groups -OCH3 is 1. The van der Waals surface area contributed by atoms with Crippen LogP contribution >= 0.6 is 0 Å². The molecule has 0 aliphatic rings. The number of hydrogen-bond donors (Lipinski definition) is 0. The summed E-state index contributed by atoms with van der Waals surface area (Å²) in [6.45, 7) is 4.38. The zero-order valence-electron chi connectivity index (χ0n) is 13.9. The molecule has 0 aliphatic carbocycles. The molecule has 23 heavy (non-hydrogen) atoms. The number of benzene rings is 1. The fourth-order valence-electron chi connectivity index (χ4n) is 2.16. The maximum atomic E-state index is 12.4. The zero-order chi connectivity index (χ0) is 16.8. The van der Waals surface area contributed by atoms with Gasteiger partial charge >= 0.3 is 0 Å². The van der Waals surface area contributed by atoms with Crippen molar-refractivity contribution in [2.75, 3.05) is 14.2 Å². The molecule has 2 aromatic rings. The standard InChI is InChI=1S/C18H22N2O3/c1-13(2)23-16-8-9-17(19-11-16)18(21)20(3)12-14-6-5-7-15(10-14)22-4/h5-11,13H,12H2,1-4H3. The van der Waals surface area contributed by atoms with E-state index in [1.807, 2.05) is 38.1 Å². The van der Waals surface area contributed by atoms with Gasteiger partial charge < -0.3 is 14.4 Å². The summed E-state index contributed by atoms with van der Waals surface area (Å²) < 4.78 is 10.7. The number of carbonyl (C=O) groups is 1. The van der Waals surface area contributed by atoms with E-state index in [-0.39, 0.29) is 12.0 Å². The third kappa shape index (κ3) is 4.71. The van der Waals surface area contributed by atoms with Crippen molar-refractivity contribution in [3.63, 3.8) is 0 Å². The average molecular weight is 314 g/mol. The Morgan fingerprint density at radius 2 is 2.00 bits per heavy atom. The molecule has 1 amide bonds. The Labute approximate surface area is 136 Å². The van der Waals surface area contributed by atoms with Gasteiger partial charge in [0.15, 0.2) is 0 Å². The maximum absolute atomic E-state index is 12.4. The van der Waals surface area contributed by atoms with Gasteiger partial charge in [-0.1, -0.05) is 12.1 Å². The van der Waals surface area contributed by atoms with Gasteiger partial charge in [0, 0.05) is 13.6 Å². The van der Waals surface area contributed by atoms with Crippen LogP contribution in [0.15, 0.2) is 42.6 Å². The summed E-state index contributed by atoms with van der Waals surface area (Å²) in [4.78, 5) is 18.2. The third-order valence-corrected chi connectivity index (χ3v) is 3.23. The Kier molecular flexibility index (Phi) is 5.57. The first kappa shape index (κ1) is 16.8. The zero-order valence-corrected chi connectivity index (χ0v) is 13.9. The van der Waals surface area contributed by atoms with E-state index in [9.17, 15) is 4.79 Å². The first-order chi connectivity index (χ1) is 11.0. The first-order valence-corrected chi connectivity index (χ1v) is 7.50.